The number of benzene rings is 2. The van der Waals surface area contributed by atoms with Gasteiger partial charge >= 0.3 is 0 Å². The molecular weight excluding hydrogens is 468 g/mol. The fraction of sp³-hybridized carbons (Fsp3) is 0. The van der Waals surface area contributed by atoms with E-state index in [-0.39, 0.29) is 11.7 Å². The molecule has 0 aliphatic carbocycles. The van der Waals surface area contributed by atoms with Crippen LogP contribution in [0.3, 0.4) is 0 Å². The number of hydrogen-bond acceptors (Lipinski definition) is 3. The Kier molecular flexibility index (Phi) is 5.55. The summed E-state index contributed by atoms with van der Waals surface area (Å²) in [6.07, 6.45) is 1.49. The molecule has 0 spiro atoms. The molecule has 7 heteroatoms. The lowest BCUT2D eigenvalue weighted by Gasteiger charge is -2.02. The summed E-state index contributed by atoms with van der Waals surface area (Å²) in [4.78, 5) is 11.8. The molecule has 0 aliphatic heterocycles. The lowest BCUT2D eigenvalue weighted by Crippen LogP contribution is -2.17. The Morgan fingerprint density at radius 1 is 1.10 bits per heavy atom. The highest BCUT2D eigenvalue weighted by atomic mass is 79.9. The summed E-state index contributed by atoms with van der Waals surface area (Å²) in [5.41, 5.74) is 3.68. The van der Waals surface area contributed by atoms with Crippen molar-refractivity contribution in [1.82, 2.24) is 5.43 Å². The van der Waals surface area contributed by atoms with E-state index < -0.39 is 0 Å². The van der Waals surface area contributed by atoms with E-state index in [1.54, 1.807) is 36.4 Å². The maximum absolute atomic E-state index is 11.8. The standard InChI is InChI=1S/C14H9Br3N2O2/c15-10-3-1-9(2-4-10)14(21)19-18-7-8-5-11(16)13(20)12(17)6-8/h1-7,20H,(H,19,21)/b18-7-. The quantitative estimate of drug-likeness (QED) is 0.508. The first-order chi connectivity index (χ1) is 9.97. The van der Waals surface area contributed by atoms with Crippen LogP contribution in [-0.2, 0) is 0 Å². The Morgan fingerprint density at radius 3 is 2.24 bits per heavy atom. The number of amides is 1. The fourth-order valence-electron chi connectivity index (χ4n) is 1.49. The van der Waals surface area contributed by atoms with Crippen molar-refractivity contribution >= 4 is 59.9 Å². The van der Waals surface area contributed by atoms with Crippen LogP contribution in [0.5, 0.6) is 5.75 Å². The topological polar surface area (TPSA) is 61.7 Å². The number of hydrazone groups is 1. The van der Waals surface area contributed by atoms with Gasteiger partial charge in [0, 0.05) is 10.0 Å². The Bertz CT molecular complexity index is 677. The van der Waals surface area contributed by atoms with Crippen LogP contribution in [-0.4, -0.2) is 17.2 Å². The summed E-state index contributed by atoms with van der Waals surface area (Å²) in [7, 11) is 0. The van der Waals surface area contributed by atoms with Crippen molar-refractivity contribution in [1.29, 1.82) is 0 Å². The minimum absolute atomic E-state index is 0.117. The molecule has 0 aliphatic rings. The predicted molar refractivity (Wildman–Crippen MR) is 92.7 cm³/mol. The van der Waals surface area contributed by atoms with E-state index in [1.807, 2.05) is 0 Å². The van der Waals surface area contributed by atoms with E-state index in [9.17, 15) is 9.90 Å². The maximum atomic E-state index is 11.8. The molecule has 2 rings (SSSR count). The molecular formula is C14H9Br3N2O2. The minimum Gasteiger partial charge on any atom is -0.506 e. The van der Waals surface area contributed by atoms with E-state index >= 15 is 0 Å². The number of halogens is 3. The summed E-state index contributed by atoms with van der Waals surface area (Å²) < 4.78 is 1.98. The zero-order chi connectivity index (χ0) is 15.4. The minimum atomic E-state index is -0.296. The van der Waals surface area contributed by atoms with E-state index in [0.717, 1.165) is 10.0 Å². The molecule has 0 atom stereocenters. The summed E-state index contributed by atoms with van der Waals surface area (Å²) in [5, 5.41) is 13.5. The highest BCUT2D eigenvalue weighted by molar-refractivity contribution is 9.11. The Hall–Kier alpha value is -1.18. The van der Waals surface area contributed by atoms with E-state index in [2.05, 4.69) is 58.3 Å². The van der Waals surface area contributed by atoms with Crippen LogP contribution < -0.4 is 5.43 Å². The third-order valence-corrected chi connectivity index (χ3v) is 4.26. The van der Waals surface area contributed by atoms with Gasteiger partial charge in [-0.1, -0.05) is 15.9 Å². The van der Waals surface area contributed by atoms with Gasteiger partial charge in [-0.15, -0.1) is 0 Å². The normalized spacial score (nSPS) is 10.8. The van der Waals surface area contributed by atoms with Crippen molar-refractivity contribution in [3.05, 3.63) is 60.9 Å². The summed E-state index contributed by atoms with van der Waals surface area (Å²) in [6, 6.07) is 10.3. The van der Waals surface area contributed by atoms with Crippen LogP contribution in [0.25, 0.3) is 0 Å². The number of rotatable bonds is 3. The van der Waals surface area contributed by atoms with Gasteiger partial charge in [-0.2, -0.15) is 5.10 Å². The number of carbonyl (C=O) groups excluding carboxylic acids is 1. The number of phenols is 1. The maximum Gasteiger partial charge on any atom is 0.271 e. The molecule has 0 radical (unpaired) electrons. The van der Waals surface area contributed by atoms with Gasteiger partial charge in [0.2, 0.25) is 0 Å². The highest BCUT2D eigenvalue weighted by Crippen LogP contribution is 2.32. The molecule has 2 N–H and O–H groups in total. The van der Waals surface area contributed by atoms with Crippen molar-refractivity contribution in [3.63, 3.8) is 0 Å². The molecule has 0 heterocycles. The summed E-state index contributed by atoms with van der Waals surface area (Å²) in [5.74, 6) is -0.179. The van der Waals surface area contributed by atoms with Gasteiger partial charge in [-0.05, 0) is 73.8 Å². The lowest BCUT2D eigenvalue weighted by molar-refractivity contribution is 0.0955. The van der Waals surface area contributed by atoms with Crippen LogP contribution in [0, 0.1) is 0 Å². The molecule has 1 amide bonds. The molecule has 0 saturated carbocycles. The Morgan fingerprint density at radius 2 is 1.67 bits per heavy atom. The molecule has 108 valence electrons. The largest absolute Gasteiger partial charge is 0.506 e. The van der Waals surface area contributed by atoms with Crippen molar-refractivity contribution < 1.29 is 9.90 Å². The third-order valence-electron chi connectivity index (χ3n) is 2.53. The second-order valence-corrected chi connectivity index (χ2v) is 6.66. The van der Waals surface area contributed by atoms with E-state index in [1.165, 1.54) is 6.21 Å². The number of nitrogens with one attached hydrogen (secondary N) is 1. The molecule has 21 heavy (non-hydrogen) atoms. The summed E-state index contributed by atoms with van der Waals surface area (Å²) >= 11 is 9.76. The lowest BCUT2D eigenvalue weighted by atomic mass is 10.2. The van der Waals surface area contributed by atoms with Crippen LogP contribution in [0.4, 0.5) is 0 Å². The molecule has 0 saturated heterocycles. The molecule has 0 aromatic heterocycles. The number of carbonyl (C=O) groups is 1. The zero-order valence-corrected chi connectivity index (χ0v) is 15.2. The zero-order valence-electron chi connectivity index (χ0n) is 10.5. The van der Waals surface area contributed by atoms with E-state index in [4.69, 9.17) is 0 Å². The Labute approximate surface area is 146 Å². The molecule has 4 nitrogen and oxygen atoms in total. The van der Waals surface area contributed by atoms with Gasteiger partial charge in [0.05, 0.1) is 15.2 Å². The first kappa shape index (κ1) is 16.2. The fourth-order valence-corrected chi connectivity index (χ4v) is 2.98. The van der Waals surface area contributed by atoms with Gasteiger partial charge in [-0.3, -0.25) is 4.79 Å². The average Bonchev–Trinajstić information content (AvgIpc) is 2.45. The number of aromatic hydroxyl groups is 1. The second kappa shape index (κ2) is 7.20. The average molecular weight is 477 g/mol. The van der Waals surface area contributed by atoms with Crippen LogP contribution in [0.2, 0.25) is 0 Å². The number of nitrogens with zero attached hydrogens (tertiary/aromatic N) is 1. The van der Waals surface area contributed by atoms with Crippen molar-refractivity contribution in [2.45, 2.75) is 0 Å². The first-order valence-electron chi connectivity index (χ1n) is 5.74. The van der Waals surface area contributed by atoms with Crippen LogP contribution in [0.1, 0.15) is 15.9 Å². The van der Waals surface area contributed by atoms with Crippen molar-refractivity contribution in [3.8, 4) is 5.75 Å². The van der Waals surface area contributed by atoms with Crippen molar-refractivity contribution in [2.24, 2.45) is 5.10 Å². The molecule has 2 aromatic rings. The van der Waals surface area contributed by atoms with E-state index in [0.29, 0.717) is 14.5 Å². The van der Waals surface area contributed by atoms with Crippen LogP contribution in [0.15, 0.2) is 54.9 Å². The number of hydrogen-bond donors (Lipinski definition) is 2. The monoisotopic (exact) mass is 474 g/mol. The number of phenolic OH excluding ortho intramolecular Hbond substituents is 1. The molecule has 2 aromatic carbocycles. The third kappa shape index (κ3) is 4.39. The smallest absolute Gasteiger partial charge is 0.271 e. The van der Waals surface area contributed by atoms with Gasteiger partial charge < -0.3 is 5.11 Å². The van der Waals surface area contributed by atoms with Gasteiger partial charge in [0.15, 0.2) is 0 Å². The second-order valence-electron chi connectivity index (χ2n) is 4.04. The van der Waals surface area contributed by atoms with Gasteiger partial charge in [0.1, 0.15) is 5.75 Å². The Balaban J connectivity index is 2.05. The first-order valence-corrected chi connectivity index (χ1v) is 8.12. The van der Waals surface area contributed by atoms with Crippen molar-refractivity contribution in [2.75, 3.05) is 0 Å². The SMILES string of the molecule is O=C(N/N=C\c1cc(Br)c(O)c(Br)c1)c1ccc(Br)cc1. The van der Waals surface area contributed by atoms with Crippen LogP contribution >= 0.6 is 47.8 Å². The highest BCUT2D eigenvalue weighted by Gasteiger charge is 2.05. The molecule has 0 bridgehead atoms. The summed E-state index contributed by atoms with van der Waals surface area (Å²) in [6.45, 7) is 0. The molecule has 0 fully saturated rings. The van der Waals surface area contributed by atoms with Gasteiger partial charge in [-0.25, -0.2) is 5.43 Å². The predicted octanol–water partition coefficient (Wildman–Crippen LogP) is 4.44. The van der Waals surface area contributed by atoms with Gasteiger partial charge in [0.25, 0.3) is 5.91 Å². The molecule has 0 unspecified atom stereocenters.